The van der Waals surface area contributed by atoms with Crippen LogP contribution in [0.5, 0.6) is 11.5 Å². The quantitative estimate of drug-likeness (QED) is 0.627. The molecule has 0 spiro atoms. The van der Waals surface area contributed by atoms with E-state index in [9.17, 15) is 4.79 Å². The van der Waals surface area contributed by atoms with Gasteiger partial charge in [-0.05, 0) is 19.1 Å². The van der Waals surface area contributed by atoms with Crippen LogP contribution < -0.4 is 5.32 Å². The molecule has 0 saturated carbocycles. The largest absolute Gasteiger partial charge is 0.508 e. The summed E-state index contributed by atoms with van der Waals surface area (Å²) in [4.78, 5) is 11.4. The highest BCUT2D eigenvalue weighted by atomic mass is 16.3. The van der Waals surface area contributed by atoms with E-state index in [4.69, 9.17) is 10.2 Å². The molecule has 0 unspecified atom stereocenters. The second kappa shape index (κ2) is 4.91. The number of rotatable bonds is 2. The number of hydrogen-bond acceptors (Lipinski definition) is 3. The van der Waals surface area contributed by atoms with Crippen molar-refractivity contribution in [2.75, 3.05) is 6.54 Å². The molecule has 0 atom stereocenters. The molecular formula is C11H11NO3. The van der Waals surface area contributed by atoms with Crippen LogP contribution in [-0.2, 0) is 0 Å². The fourth-order valence-electron chi connectivity index (χ4n) is 1.04. The second-order valence-electron chi connectivity index (χ2n) is 2.85. The zero-order valence-corrected chi connectivity index (χ0v) is 8.24. The van der Waals surface area contributed by atoms with E-state index in [2.05, 4.69) is 17.2 Å². The highest BCUT2D eigenvalue weighted by molar-refractivity contribution is 5.95. The summed E-state index contributed by atoms with van der Waals surface area (Å²) in [5, 5.41) is 20.8. The van der Waals surface area contributed by atoms with Crippen LogP contribution in [-0.4, -0.2) is 22.7 Å². The number of nitrogens with one attached hydrogen (secondary N) is 1. The van der Waals surface area contributed by atoms with Crippen LogP contribution in [0.3, 0.4) is 0 Å². The molecule has 0 radical (unpaired) electrons. The van der Waals surface area contributed by atoms with Gasteiger partial charge in [0.2, 0.25) is 0 Å². The molecule has 4 heteroatoms. The summed E-state index contributed by atoms with van der Waals surface area (Å²) in [7, 11) is 0. The van der Waals surface area contributed by atoms with Crippen LogP contribution in [0, 0.1) is 11.8 Å². The maximum absolute atomic E-state index is 11.4. The lowest BCUT2D eigenvalue weighted by atomic mass is 10.2. The maximum atomic E-state index is 11.4. The van der Waals surface area contributed by atoms with E-state index in [0.717, 1.165) is 6.07 Å². The van der Waals surface area contributed by atoms with E-state index in [1.807, 2.05) is 0 Å². The lowest BCUT2D eigenvalue weighted by Gasteiger charge is -2.02. The first-order valence-corrected chi connectivity index (χ1v) is 4.34. The van der Waals surface area contributed by atoms with Gasteiger partial charge < -0.3 is 15.5 Å². The van der Waals surface area contributed by atoms with Crippen molar-refractivity contribution in [3.63, 3.8) is 0 Å². The SMILES string of the molecule is CC#CCNC(=O)c1cc(O)cc(O)c1. The molecule has 1 rings (SSSR count). The van der Waals surface area contributed by atoms with Crippen molar-refractivity contribution >= 4 is 5.91 Å². The second-order valence-corrected chi connectivity index (χ2v) is 2.85. The third-order valence-electron chi connectivity index (χ3n) is 1.68. The fraction of sp³-hybridized carbons (Fsp3) is 0.182. The van der Waals surface area contributed by atoms with Gasteiger partial charge in [-0.2, -0.15) is 0 Å². The Labute approximate surface area is 87.6 Å². The smallest absolute Gasteiger partial charge is 0.252 e. The van der Waals surface area contributed by atoms with Crippen molar-refractivity contribution < 1.29 is 15.0 Å². The summed E-state index contributed by atoms with van der Waals surface area (Å²) in [6.45, 7) is 1.91. The Bertz CT molecular complexity index is 409. The van der Waals surface area contributed by atoms with Gasteiger partial charge in [0.25, 0.3) is 5.91 Å². The molecule has 0 bridgehead atoms. The van der Waals surface area contributed by atoms with Gasteiger partial charge in [-0.1, -0.05) is 5.92 Å². The Balaban J connectivity index is 2.76. The van der Waals surface area contributed by atoms with E-state index in [1.54, 1.807) is 6.92 Å². The van der Waals surface area contributed by atoms with Crippen molar-refractivity contribution in [2.24, 2.45) is 0 Å². The van der Waals surface area contributed by atoms with Crippen molar-refractivity contribution in [3.05, 3.63) is 23.8 Å². The average Bonchev–Trinajstić information content (AvgIpc) is 2.16. The number of phenols is 2. The first-order valence-electron chi connectivity index (χ1n) is 4.34. The van der Waals surface area contributed by atoms with Crippen LogP contribution >= 0.6 is 0 Å². The van der Waals surface area contributed by atoms with Gasteiger partial charge in [0, 0.05) is 11.6 Å². The van der Waals surface area contributed by atoms with Gasteiger partial charge >= 0.3 is 0 Å². The first-order chi connectivity index (χ1) is 7.13. The van der Waals surface area contributed by atoms with E-state index >= 15 is 0 Å². The fourth-order valence-corrected chi connectivity index (χ4v) is 1.04. The molecule has 0 aliphatic rings. The molecule has 0 saturated heterocycles. The summed E-state index contributed by atoms with van der Waals surface area (Å²) in [5.74, 6) is 4.62. The molecule has 0 aliphatic carbocycles. The van der Waals surface area contributed by atoms with E-state index < -0.39 is 0 Å². The Hall–Kier alpha value is -2.15. The zero-order valence-electron chi connectivity index (χ0n) is 8.24. The molecule has 3 N–H and O–H groups in total. The summed E-state index contributed by atoms with van der Waals surface area (Å²) >= 11 is 0. The summed E-state index contributed by atoms with van der Waals surface area (Å²) in [5.41, 5.74) is 0.199. The third-order valence-corrected chi connectivity index (χ3v) is 1.68. The van der Waals surface area contributed by atoms with Crippen LogP contribution in [0.25, 0.3) is 0 Å². The molecular weight excluding hydrogens is 194 g/mol. The number of phenolic OH excluding ortho intramolecular Hbond substituents is 2. The van der Waals surface area contributed by atoms with E-state index in [-0.39, 0.29) is 29.5 Å². The monoisotopic (exact) mass is 205 g/mol. The van der Waals surface area contributed by atoms with Gasteiger partial charge in [0.05, 0.1) is 6.54 Å². The lowest BCUT2D eigenvalue weighted by molar-refractivity contribution is 0.0958. The van der Waals surface area contributed by atoms with Crippen molar-refractivity contribution in [1.29, 1.82) is 0 Å². The Morgan fingerprint density at radius 3 is 2.47 bits per heavy atom. The summed E-state index contributed by atoms with van der Waals surface area (Å²) < 4.78 is 0. The highest BCUT2D eigenvalue weighted by Gasteiger charge is 2.06. The van der Waals surface area contributed by atoms with Gasteiger partial charge in [0.15, 0.2) is 0 Å². The number of carbonyl (C=O) groups is 1. The topological polar surface area (TPSA) is 69.6 Å². The number of aromatic hydroxyl groups is 2. The third kappa shape index (κ3) is 3.24. The highest BCUT2D eigenvalue weighted by Crippen LogP contribution is 2.19. The molecule has 1 aromatic rings. The van der Waals surface area contributed by atoms with Crippen molar-refractivity contribution in [1.82, 2.24) is 5.32 Å². The van der Waals surface area contributed by atoms with Crippen LogP contribution in [0.4, 0.5) is 0 Å². The van der Waals surface area contributed by atoms with Gasteiger partial charge in [0.1, 0.15) is 11.5 Å². The molecule has 0 heterocycles. The predicted octanol–water partition coefficient (Wildman–Crippen LogP) is 0.851. The van der Waals surface area contributed by atoms with Crippen molar-refractivity contribution in [2.45, 2.75) is 6.92 Å². The molecule has 4 nitrogen and oxygen atoms in total. The average molecular weight is 205 g/mol. The first kappa shape index (κ1) is 10.9. The zero-order chi connectivity index (χ0) is 11.3. The van der Waals surface area contributed by atoms with Crippen molar-refractivity contribution in [3.8, 4) is 23.3 Å². The Morgan fingerprint density at radius 2 is 1.93 bits per heavy atom. The number of hydrogen-bond donors (Lipinski definition) is 3. The van der Waals surface area contributed by atoms with Gasteiger partial charge in [-0.25, -0.2) is 0 Å². The van der Waals surface area contributed by atoms with Gasteiger partial charge in [-0.15, -0.1) is 5.92 Å². The standard InChI is InChI=1S/C11H11NO3/c1-2-3-4-12-11(15)8-5-9(13)7-10(14)6-8/h5-7,13-14H,4H2,1H3,(H,12,15). The molecule has 0 fully saturated rings. The summed E-state index contributed by atoms with van der Waals surface area (Å²) in [6, 6.07) is 3.70. The molecule has 1 aromatic carbocycles. The van der Waals surface area contributed by atoms with E-state index in [1.165, 1.54) is 12.1 Å². The van der Waals surface area contributed by atoms with Gasteiger partial charge in [-0.3, -0.25) is 4.79 Å². The minimum Gasteiger partial charge on any atom is -0.508 e. The minimum atomic E-state index is -0.385. The minimum absolute atomic E-state index is 0.151. The molecule has 0 aromatic heterocycles. The van der Waals surface area contributed by atoms with Crippen LogP contribution in [0.1, 0.15) is 17.3 Å². The molecule has 78 valence electrons. The predicted molar refractivity (Wildman–Crippen MR) is 55.6 cm³/mol. The van der Waals surface area contributed by atoms with Crippen LogP contribution in [0.15, 0.2) is 18.2 Å². The van der Waals surface area contributed by atoms with Crippen LogP contribution in [0.2, 0.25) is 0 Å². The Morgan fingerprint density at radius 1 is 1.33 bits per heavy atom. The lowest BCUT2D eigenvalue weighted by Crippen LogP contribution is -2.23. The summed E-state index contributed by atoms with van der Waals surface area (Å²) in [6.07, 6.45) is 0. The molecule has 15 heavy (non-hydrogen) atoms. The number of amides is 1. The number of carbonyl (C=O) groups excluding carboxylic acids is 1. The van der Waals surface area contributed by atoms with E-state index in [0.29, 0.717) is 0 Å². The molecule has 0 aliphatic heterocycles. The Kier molecular flexibility index (Phi) is 3.58. The molecule has 1 amide bonds. The number of benzene rings is 1. The normalized spacial score (nSPS) is 8.87. The maximum Gasteiger partial charge on any atom is 0.252 e.